The molecule has 1 saturated heterocycles. The lowest BCUT2D eigenvalue weighted by atomic mass is 9.92. The molecule has 21 heavy (non-hydrogen) atoms. The molecule has 2 atom stereocenters. The molecule has 2 nitrogen and oxygen atoms in total. The van der Waals surface area contributed by atoms with Gasteiger partial charge in [-0.2, -0.15) is 0 Å². The van der Waals surface area contributed by atoms with Gasteiger partial charge < -0.3 is 10.1 Å². The molecule has 2 rings (SSSR count). The first-order valence-corrected chi connectivity index (χ1v) is 8.42. The first-order chi connectivity index (χ1) is 9.98. The van der Waals surface area contributed by atoms with Crippen LogP contribution in [0.1, 0.15) is 51.2 Å². The predicted molar refractivity (Wildman–Crippen MR) is 89.7 cm³/mol. The van der Waals surface area contributed by atoms with Crippen LogP contribution >= 0.6 is 0 Å². The minimum atomic E-state index is 0.0806. The van der Waals surface area contributed by atoms with E-state index in [0.29, 0.717) is 12.0 Å². The van der Waals surface area contributed by atoms with Crippen molar-refractivity contribution < 1.29 is 4.74 Å². The fourth-order valence-corrected chi connectivity index (χ4v) is 3.26. The van der Waals surface area contributed by atoms with Crippen molar-refractivity contribution in [2.45, 2.75) is 65.1 Å². The second kappa shape index (κ2) is 7.42. The Morgan fingerprint density at radius 3 is 2.57 bits per heavy atom. The molecule has 1 aromatic carbocycles. The first-order valence-electron chi connectivity index (χ1n) is 8.42. The Morgan fingerprint density at radius 2 is 2.00 bits per heavy atom. The van der Waals surface area contributed by atoms with Crippen molar-refractivity contribution in [3.8, 4) is 0 Å². The van der Waals surface area contributed by atoms with E-state index in [1.807, 2.05) is 0 Å². The van der Waals surface area contributed by atoms with Crippen LogP contribution in [0.15, 0.2) is 24.3 Å². The summed E-state index contributed by atoms with van der Waals surface area (Å²) in [5, 5.41) is 3.52. The highest BCUT2D eigenvalue weighted by molar-refractivity contribution is 5.21. The third-order valence-corrected chi connectivity index (χ3v) is 4.48. The standard InChI is InChI=1S/C19H31NO/c1-5-20-14-17(12-16-8-6-15(2)7-9-16)13-18-10-11-19(3,4)21-18/h6-9,17-18,20H,5,10-14H2,1-4H3. The van der Waals surface area contributed by atoms with Gasteiger partial charge in [0.2, 0.25) is 0 Å². The molecule has 0 bridgehead atoms. The van der Waals surface area contributed by atoms with Gasteiger partial charge in [0, 0.05) is 0 Å². The van der Waals surface area contributed by atoms with E-state index < -0.39 is 0 Å². The number of ether oxygens (including phenoxy) is 1. The maximum atomic E-state index is 6.19. The van der Waals surface area contributed by atoms with E-state index in [0.717, 1.165) is 19.5 Å². The lowest BCUT2D eigenvalue weighted by Gasteiger charge is -2.24. The van der Waals surface area contributed by atoms with Crippen molar-refractivity contribution in [2.75, 3.05) is 13.1 Å². The Labute approximate surface area is 130 Å². The zero-order valence-corrected chi connectivity index (χ0v) is 14.1. The fraction of sp³-hybridized carbons (Fsp3) is 0.684. The molecular formula is C19H31NO. The third kappa shape index (κ3) is 5.44. The van der Waals surface area contributed by atoms with Crippen LogP contribution in [0.25, 0.3) is 0 Å². The molecule has 0 amide bonds. The highest BCUT2D eigenvalue weighted by atomic mass is 16.5. The number of benzene rings is 1. The molecule has 1 aliphatic rings. The second-order valence-corrected chi connectivity index (χ2v) is 7.14. The minimum absolute atomic E-state index is 0.0806. The zero-order chi connectivity index (χ0) is 15.3. The van der Waals surface area contributed by atoms with E-state index in [9.17, 15) is 0 Å². The topological polar surface area (TPSA) is 21.3 Å². The predicted octanol–water partition coefficient (Wildman–Crippen LogP) is 4.11. The van der Waals surface area contributed by atoms with Crippen LogP contribution in [-0.2, 0) is 11.2 Å². The molecule has 0 spiro atoms. The minimum Gasteiger partial charge on any atom is -0.372 e. The Bertz CT molecular complexity index is 424. The highest BCUT2D eigenvalue weighted by Crippen LogP contribution is 2.33. The van der Waals surface area contributed by atoms with Gasteiger partial charge in [0.1, 0.15) is 0 Å². The Morgan fingerprint density at radius 1 is 1.29 bits per heavy atom. The van der Waals surface area contributed by atoms with Crippen molar-refractivity contribution in [2.24, 2.45) is 5.92 Å². The van der Waals surface area contributed by atoms with Gasteiger partial charge in [0.25, 0.3) is 0 Å². The Balaban J connectivity index is 1.92. The first kappa shape index (κ1) is 16.5. The van der Waals surface area contributed by atoms with Gasteiger partial charge in [-0.05, 0) is 71.0 Å². The van der Waals surface area contributed by atoms with Gasteiger partial charge >= 0.3 is 0 Å². The molecule has 118 valence electrons. The van der Waals surface area contributed by atoms with Crippen LogP contribution in [-0.4, -0.2) is 24.8 Å². The van der Waals surface area contributed by atoms with Gasteiger partial charge in [0.15, 0.2) is 0 Å². The lowest BCUT2D eigenvalue weighted by Crippen LogP contribution is -2.28. The van der Waals surface area contributed by atoms with Crippen LogP contribution in [0.3, 0.4) is 0 Å². The summed E-state index contributed by atoms with van der Waals surface area (Å²) in [7, 11) is 0. The second-order valence-electron chi connectivity index (χ2n) is 7.14. The number of nitrogens with one attached hydrogen (secondary N) is 1. The van der Waals surface area contributed by atoms with Crippen LogP contribution in [0.5, 0.6) is 0 Å². The summed E-state index contributed by atoms with van der Waals surface area (Å²) in [4.78, 5) is 0. The fourth-order valence-electron chi connectivity index (χ4n) is 3.26. The normalized spacial score (nSPS) is 22.4. The van der Waals surface area contributed by atoms with Crippen molar-refractivity contribution in [1.29, 1.82) is 0 Å². The maximum absolute atomic E-state index is 6.19. The maximum Gasteiger partial charge on any atom is 0.0631 e. The van der Waals surface area contributed by atoms with Crippen LogP contribution in [0.2, 0.25) is 0 Å². The average Bonchev–Trinajstić information content (AvgIpc) is 2.78. The van der Waals surface area contributed by atoms with Crippen molar-refractivity contribution in [3.05, 3.63) is 35.4 Å². The van der Waals surface area contributed by atoms with Crippen molar-refractivity contribution >= 4 is 0 Å². The lowest BCUT2D eigenvalue weighted by molar-refractivity contribution is -0.0244. The third-order valence-electron chi connectivity index (χ3n) is 4.48. The van der Waals surface area contributed by atoms with Crippen LogP contribution in [0.4, 0.5) is 0 Å². The molecule has 0 aromatic heterocycles. The van der Waals surface area contributed by atoms with Gasteiger partial charge in [-0.1, -0.05) is 36.8 Å². The molecule has 0 radical (unpaired) electrons. The van der Waals surface area contributed by atoms with Gasteiger partial charge in [-0.25, -0.2) is 0 Å². The highest BCUT2D eigenvalue weighted by Gasteiger charge is 2.32. The largest absolute Gasteiger partial charge is 0.372 e. The molecule has 1 aliphatic heterocycles. The molecule has 2 unspecified atom stereocenters. The summed E-state index contributed by atoms with van der Waals surface area (Å²) >= 11 is 0. The number of aryl methyl sites for hydroxylation is 1. The summed E-state index contributed by atoms with van der Waals surface area (Å²) in [5.74, 6) is 0.659. The number of hydrogen-bond donors (Lipinski definition) is 1. The van der Waals surface area contributed by atoms with Gasteiger partial charge in [-0.15, -0.1) is 0 Å². The smallest absolute Gasteiger partial charge is 0.0631 e. The zero-order valence-electron chi connectivity index (χ0n) is 14.1. The Hall–Kier alpha value is -0.860. The van der Waals surface area contributed by atoms with Crippen molar-refractivity contribution in [1.82, 2.24) is 5.32 Å². The van der Waals surface area contributed by atoms with E-state index >= 15 is 0 Å². The molecule has 1 aromatic rings. The van der Waals surface area contributed by atoms with E-state index in [-0.39, 0.29) is 5.60 Å². The molecule has 1 heterocycles. The summed E-state index contributed by atoms with van der Waals surface area (Å²) < 4.78 is 6.19. The van der Waals surface area contributed by atoms with E-state index in [2.05, 4.69) is 57.3 Å². The van der Waals surface area contributed by atoms with Crippen LogP contribution in [0, 0.1) is 12.8 Å². The van der Waals surface area contributed by atoms with E-state index in [1.54, 1.807) is 0 Å². The molecule has 0 saturated carbocycles. The summed E-state index contributed by atoms with van der Waals surface area (Å²) in [5.41, 5.74) is 2.86. The summed E-state index contributed by atoms with van der Waals surface area (Å²) in [6.07, 6.45) is 5.16. The molecule has 1 N–H and O–H groups in total. The summed E-state index contributed by atoms with van der Waals surface area (Å²) in [6, 6.07) is 8.98. The van der Waals surface area contributed by atoms with Crippen molar-refractivity contribution in [3.63, 3.8) is 0 Å². The monoisotopic (exact) mass is 289 g/mol. The molecular weight excluding hydrogens is 258 g/mol. The quantitative estimate of drug-likeness (QED) is 0.815. The Kier molecular flexibility index (Phi) is 5.83. The van der Waals surface area contributed by atoms with Gasteiger partial charge in [-0.3, -0.25) is 0 Å². The van der Waals surface area contributed by atoms with E-state index in [4.69, 9.17) is 4.74 Å². The van der Waals surface area contributed by atoms with E-state index in [1.165, 1.54) is 30.4 Å². The molecule has 2 heteroatoms. The molecule has 0 aliphatic carbocycles. The van der Waals surface area contributed by atoms with Crippen LogP contribution < -0.4 is 5.32 Å². The van der Waals surface area contributed by atoms with Gasteiger partial charge in [0.05, 0.1) is 11.7 Å². The number of rotatable bonds is 7. The average molecular weight is 289 g/mol. The number of hydrogen-bond acceptors (Lipinski definition) is 2. The summed E-state index contributed by atoms with van der Waals surface area (Å²) in [6.45, 7) is 10.9. The SMILES string of the molecule is CCNCC(Cc1ccc(C)cc1)CC1CCC(C)(C)O1. The molecule has 1 fully saturated rings.